The highest BCUT2D eigenvalue weighted by Gasteiger charge is 2.22. The van der Waals surface area contributed by atoms with Crippen LogP contribution in [0.25, 0.3) is 0 Å². The second-order valence-electron chi connectivity index (χ2n) is 4.03. The third kappa shape index (κ3) is 2.11. The van der Waals surface area contributed by atoms with E-state index in [1.54, 1.807) is 0 Å². The van der Waals surface area contributed by atoms with Gasteiger partial charge >= 0.3 is 0 Å². The van der Waals surface area contributed by atoms with Crippen molar-refractivity contribution in [1.29, 1.82) is 0 Å². The van der Waals surface area contributed by atoms with E-state index in [4.69, 9.17) is 5.73 Å². The van der Waals surface area contributed by atoms with Crippen molar-refractivity contribution >= 4 is 5.82 Å². The Labute approximate surface area is 89.7 Å². The molecule has 0 amide bonds. The number of hydrogen-bond donors (Lipinski definition) is 2. The number of aliphatic hydroxyl groups excluding tert-OH is 1. The lowest BCUT2D eigenvalue weighted by Gasteiger charge is -2.20. The first-order valence-electron chi connectivity index (χ1n) is 5.30. The molecule has 1 aromatic rings. The lowest BCUT2D eigenvalue weighted by Crippen LogP contribution is -2.24. The summed E-state index contributed by atoms with van der Waals surface area (Å²) in [6, 6.07) is 3.99. The first-order valence-corrected chi connectivity index (χ1v) is 5.30. The minimum absolute atomic E-state index is 0.224. The summed E-state index contributed by atoms with van der Waals surface area (Å²) < 4.78 is 0. The van der Waals surface area contributed by atoms with Crippen LogP contribution in [0.3, 0.4) is 0 Å². The second-order valence-corrected chi connectivity index (χ2v) is 4.03. The Morgan fingerprint density at radius 1 is 1.60 bits per heavy atom. The number of nitrogens with two attached hydrogens (primary N) is 1. The van der Waals surface area contributed by atoms with E-state index in [9.17, 15) is 5.11 Å². The Hall–Kier alpha value is -1.13. The predicted molar refractivity (Wildman–Crippen MR) is 59.7 cm³/mol. The molecule has 0 aromatic carbocycles. The van der Waals surface area contributed by atoms with Gasteiger partial charge in [-0.15, -0.1) is 0 Å². The lowest BCUT2D eigenvalue weighted by atomic mass is 10.2. The van der Waals surface area contributed by atoms with Crippen LogP contribution in [0.2, 0.25) is 0 Å². The number of pyridine rings is 1. The van der Waals surface area contributed by atoms with Gasteiger partial charge in [-0.2, -0.15) is 0 Å². The fourth-order valence-corrected chi connectivity index (χ4v) is 1.94. The van der Waals surface area contributed by atoms with Gasteiger partial charge in [0.05, 0.1) is 6.10 Å². The van der Waals surface area contributed by atoms with Gasteiger partial charge in [-0.1, -0.05) is 6.07 Å². The summed E-state index contributed by atoms with van der Waals surface area (Å²) in [6.07, 6.45) is 0.595. The monoisotopic (exact) mass is 207 g/mol. The number of aromatic nitrogens is 1. The van der Waals surface area contributed by atoms with Crippen molar-refractivity contribution in [3.63, 3.8) is 0 Å². The van der Waals surface area contributed by atoms with Gasteiger partial charge in [0.2, 0.25) is 0 Å². The number of anilines is 1. The maximum absolute atomic E-state index is 9.49. The van der Waals surface area contributed by atoms with E-state index in [1.165, 1.54) is 0 Å². The van der Waals surface area contributed by atoms with E-state index in [1.807, 2.05) is 19.1 Å². The van der Waals surface area contributed by atoms with Gasteiger partial charge in [-0.3, -0.25) is 0 Å². The molecule has 0 radical (unpaired) electrons. The molecule has 4 nitrogen and oxygen atoms in total. The Bertz CT molecular complexity index is 354. The Balaban J connectivity index is 2.29. The molecule has 4 heteroatoms. The quantitative estimate of drug-likeness (QED) is 0.737. The average Bonchev–Trinajstić information content (AvgIpc) is 2.65. The predicted octanol–water partition coefficient (Wildman–Crippen LogP) is 0.420. The molecule has 0 aliphatic carbocycles. The fourth-order valence-electron chi connectivity index (χ4n) is 1.94. The smallest absolute Gasteiger partial charge is 0.133 e. The number of rotatable bonds is 2. The van der Waals surface area contributed by atoms with Gasteiger partial charge in [-0.25, -0.2) is 4.98 Å². The Kier molecular flexibility index (Phi) is 2.88. The van der Waals surface area contributed by atoms with Crippen LogP contribution in [0.15, 0.2) is 12.1 Å². The summed E-state index contributed by atoms with van der Waals surface area (Å²) in [5, 5.41) is 9.49. The molecule has 1 saturated heterocycles. The van der Waals surface area contributed by atoms with Crippen molar-refractivity contribution in [3.05, 3.63) is 23.4 Å². The summed E-state index contributed by atoms with van der Waals surface area (Å²) in [7, 11) is 0. The zero-order chi connectivity index (χ0) is 10.8. The summed E-state index contributed by atoms with van der Waals surface area (Å²) in [6.45, 7) is 4.00. The molecule has 0 bridgehead atoms. The average molecular weight is 207 g/mol. The van der Waals surface area contributed by atoms with E-state index in [0.717, 1.165) is 30.0 Å². The van der Waals surface area contributed by atoms with Crippen LogP contribution < -0.4 is 10.6 Å². The summed E-state index contributed by atoms with van der Waals surface area (Å²) >= 11 is 0. The molecule has 1 aliphatic rings. The Morgan fingerprint density at radius 3 is 3.00 bits per heavy atom. The van der Waals surface area contributed by atoms with Crippen LogP contribution in [0.1, 0.15) is 17.7 Å². The second kappa shape index (κ2) is 4.16. The largest absolute Gasteiger partial charge is 0.391 e. The van der Waals surface area contributed by atoms with Crippen LogP contribution in [0, 0.1) is 6.92 Å². The van der Waals surface area contributed by atoms with Crippen LogP contribution in [0.5, 0.6) is 0 Å². The van der Waals surface area contributed by atoms with E-state index in [0.29, 0.717) is 13.1 Å². The first kappa shape index (κ1) is 10.4. The third-order valence-corrected chi connectivity index (χ3v) is 2.78. The zero-order valence-corrected chi connectivity index (χ0v) is 8.98. The minimum atomic E-state index is -0.224. The molecular formula is C11H17N3O. The summed E-state index contributed by atoms with van der Waals surface area (Å²) in [4.78, 5) is 6.61. The number of β-amino-alcohol motifs (C(OH)–C–C–N with tert-alkyl or cyclic N) is 1. The van der Waals surface area contributed by atoms with Gasteiger partial charge < -0.3 is 15.7 Å². The molecule has 0 saturated carbocycles. The van der Waals surface area contributed by atoms with Crippen LogP contribution >= 0.6 is 0 Å². The molecule has 0 spiro atoms. The molecular weight excluding hydrogens is 190 g/mol. The molecule has 1 aliphatic heterocycles. The maximum Gasteiger partial charge on any atom is 0.133 e. The molecule has 1 fully saturated rings. The van der Waals surface area contributed by atoms with Crippen LogP contribution in [-0.2, 0) is 6.54 Å². The summed E-state index contributed by atoms with van der Waals surface area (Å²) in [5.74, 6) is 0.939. The zero-order valence-electron chi connectivity index (χ0n) is 8.98. The molecule has 3 N–H and O–H groups in total. The highest BCUT2D eigenvalue weighted by molar-refractivity contribution is 5.48. The third-order valence-electron chi connectivity index (χ3n) is 2.78. The minimum Gasteiger partial charge on any atom is -0.391 e. The van der Waals surface area contributed by atoms with Crippen LogP contribution in [0.4, 0.5) is 5.82 Å². The van der Waals surface area contributed by atoms with Crippen LogP contribution in [-0.4, -0.2) is 29.3 Å². The topological polar surface area (TPSA) is 62.4 Å². The molecule has 1 aromatic heterocycles. The SMILES string of the molecule is Cc1ccc(CN)c(N2CCC(O)C2)n1. The van der Waals surface area contributed by atoms with Crippen molar-refractivity contribution < 1.29 is 5.11 Å². The van der Waals surface area contributed by atoms with Gasteiger partial charge in [-0.05, 0) is 19.4 Å². The molecule has 1 atom stereocenters. The highest BCUT2D eigenvalue weighted by atomic mass is 16.3. The fraction of sp³-hybridized carbons (Fsp3) is 0.545. The number of aliphatic hydroxyl groups is 1. The maximum atomic E-state index is 9.49. The van der Waals surface area contributed by atoms with E-state index >= 15 is 0 Å². The van der Waals surface area contributed by atoms with E-state index < -0.39 is 0 Å². The lowest BCUT2D eigenvalue weighted by molar-refractivity contribution is 0.198. The number of hydrogen-bond acceptors (Lipinski definition) is 4. The van der Waals surface area contributed by atoms with E-state index in [-0.39, 0.29) is 6.10 Å². The van der Waals surface area contributed by atoms with Gasteiger partial charge in [0.15, 0.2) is 0 Å². The normalized spacial score (nSPS) is 21.0. The standard InChI is InChI=1S/C11H17N3O/c1-8-2-3-9(6-12)11(13-8)14-5-4-10(15)7-14/h2-3,10,15H,4-7,12H2,1H3. The van der Waals surface area contributed by atoms with Gasteiger partial charge in [0.1, 0.15) is 5.82 Å². The van der Waals surface area contributed by atoms with Gasteiger partial charge in [0.25, 0.3) is 0 Å². The molecule has 2 heterocycles. The van der Waals surface area contributed by atoms with Gasteiger partial charge in [0, 0.05) is 30.9 Å². The molecule has 1 unspecified atom stereocenters. The van der Waals surface area contributed by atoms with Crippen molar-refractivity contribution in [3.8, 4) is 0 Å². The molecule has 15 heavy (non-hydrogen) atoms. The van der Waals surface area contributed by atoms with Crippen molar-refractivity contribution in [2.75, 3.05) is 18.0 Å². The molecule has 2 rings (SSSR count). The molecule has 82 valence electrons. The highest BCUT2D eigenvalue weighted by Crippen LogP contribution is 2.22. The van der Waals surface area contributed by atoms with Crippen molar-refractivity contribution in [2.24, 2.45) is 5.73 Å². The summed E-state index contributed by atoms with van der Waals surface area (Å²) in [5.41, 5.74) is 7.71. The number of aryl methyl sites for hydroxylation is 1. The number of nitrogens with zero attached hydrogens (tertiary/aromatic N) is 2. The first-order chi connectivity index (χ1) is 7.20. The Morgan fingerprint density at radius 2 is 2.40 bits per heavy atom. The van der Waals surface area contributed by atoms with Crippen molar-refractivity contribution in [2.45, 2.75) is 26.0 Å². The van der Waals surface area contributed by atoms with E-state index in [2.05, 4.69) is 9.88 Å². The van der Waals surface area contributed by atoms with Crippen molar-refractivity contribution in [1.82, 2.24) is 4.98 Å².